The van der Waals surface area contributed by atoms with Crippen LogP contribution in [0.2, 0.25) is 0 Å². The van der Waals surface area contributed by atoms with E-state index in [1.807, 2.05) is 60.7 Å². The Bertz CT molecular complexity index is 1240. The number of carbonyl (C=O) groups excluding carboxylic acids is 2. The molecule has 31 heavy (non-hydrogen) atoms. The molecule has 2 N–H and O–H groups in total. The third-order valence-corrected chi connectivity index (χ3v) is 5.53. The molecule has 156 valence electrons. The molecule has 0 saturated heterocycles. The number of aliphatic hydroxyl groups is 1. The van der Waals surface area contributed by atoms with Gasteiger partial charge in [-0.05, 0) is 46.7 Å². The molecule has 4 rings (SSSR count). The summed E-state index contributed by atoms with van der Waals surface area (Å²) < 4.78 is 0. The molecule has 0 aliphatic carbocycles. The Morgan fingerprint density at radius 1 is 0.871 bits per heavy atom. The van der Waals surface area contributed by atoms with E-state index in [1.54, 1.807) is 0 Å². The lowest BCUT2D eigenvalue weighted by atomic mass is 10.00. The second-order valence-corrected chi connectivity index (χ2v) is 7.90. The van der Waals surface area contributed by atoms with E-state index in [-0.39, 0.29) is 18.1 Å². The molecule has 0 aliphatic heterocycles. The number of aryl methyl sites for hydroxylation is 1. The highest BCUT2D eigenvalue weighted by Gasteiger charge is 2.11. The normalized spacial score (nSPS) is 12.1. The summed E-state index contributed by atoms with van der Waals surface area (Å²) in [6.07, 6.45) is 0.286. The van der Waals surface area contributed by atoms with E-state index >= 15 is 0 Å². The first-order valence-corrected chi connectivity index (χ1v) is 10.5. The third kappa shape index (κ3) is 4.81. The Balaban J connectivity index is 1.45. The second-order valence-electron chi connectivity index (χ2n) is 7.90. The number of amides is 1. The molecule has 1 amide bonds. The topological polar surface area (TPSA) is 66.4 Å². The summed E-state index contributed by atoms with van der Waals surface area (Å²) in [7, 11) is 0. The monoisotopic (exact) mass is 411 g/mol. The standard InChI is InChI=1S/C27H25NO3/c1-18(29)16-26(30)20-13-10-19(11-14-20)12-15-27(31)28-25-17-21-6-2-3-7-22(21)23-8-4-5-9-24(23)25/h2-11,13-14,17,26,30H,12,15-16H2,1H3,(H,28,31). The first kappa shape index (κ1) is 20.8. The van der Waals surface area contributed by atoms with Crippen molar-refractivity contribution in [3.05, 3.63) is 90.0 Å². The summed E-state index contributed by atoms with van der Waals surface area (Å²) in [4.78, 5) is 23.8. The van der Waals surface area contributed by atoms with E-state index in [0.29, 0.717) is 18.4 Å². The van der Waals surface area contributed by atoms with Gasteiger partial charge in [0.15, 0.2) is 0 Å². The van der Waals surface area contributed by atoms with Gasteiger partial charge in [0, 0.05) is 23.9 Å². The summed E-state index contributed by atoms with van der Waals surface area (Å²) in [5, 5.41) is 17.5. The second kappa shape index (κ2) is 9.11. The first-order chi connectivity index (χ1) is 15.0. The minimum Gasteiger partial charge on any atom is -0.388 e. The lowest BCUT2D eigenvalue weighted by molar-refractivity contribution is -0.119. The zero-order valence-electron chi connectivity index (χ0n) is 17.5. The molecule has 0 aliphatic rings. The number of fused-ring (bicyclic) bond motifs is 3. The van der Waals surface area contributed by atoms with E-state index in [2.05, 4.69) is 23.5 Å². The van der Waals surface area contributed by atoms with Gasteiger partial charge < -0.3 is 10.4 Å². The molecule has 4 aromatic carbocycles. The summed E-state index contributed by atoms with van der Waals surface area (Å²) in [6.45, 7) is 1.47. The highest BCUT2D eigenvalue weighted by atomic mass is 16.3. The predicted octanol–water partition coefficient (Wildman–Crippen LogP) is 5.58. The van der Waals surface area contributed by atoms with Gasteiger partial charge in [0.25, 0.3) is 0 Å². The van der Waals surface area contributed by atoms with Crippen LogP contribution in [-0.2, 0) is 16.0 Å². The highest BCUT2D eigenvalue weighted by Crippen LogP contribution is 2.32. The molecule has 0 bridgehead atoms. The van der Waals surface area contributed by atoms with Gasteiger partial charge in [-0.25, -0.2) is 0 Å². The molecular weight excluding hydrogens is 386 g/mol. The highest BCUT2D eigenvalue weighted by molar-refractivity contribution is 6.15. The Morgan fingerprint density at radius 3 is 2.23 bits per heavy atom. The van der Waals surface area contributed by atoms with Gasteiger partial charge in [-0.3, -0.25) is 9.59 Å². The van der Waals surface area contributed by atoms with Crippen LogP contribution in [-0.4, -0.2) is 16.8 Å². The van der Waals surface area contributed by atoms with Gasteiger partial charge in [0.2, 0.25) is 5.91 Å². The molecule has 0 aromatic heterocycles. The van der Waals surface area contributed by atoms with E-state index in [1.165, 1.54) is 12.3 Å². The Kier molecular flexibility index (Phi) is 6.10. The summed E-state index contributed by atoms with van der Waals surface area (Å²) >= 11 is 0. The number of ketones is 1. The number of Topliss-reactive ketones (excluding diaryl/α,β-unsaturated/α-hetero) is 1. The van der Waals surface area contributed by atoms with Crippen molar-refractivity contribution in [1.29, 1.82) is 0 Å². The van der Waals surface area contributed by atoms with Crippen molar-refractivity contribution in [2.45, 2.75) is 32.3 Å². The molecule has 1 atom stereocenters. The van der Waals surface area contributed by atoms with E-state index in [9.17, 15) is 14.7 Å². The number of hydrogen-bond donors (Lipinski definition) is 2. The first-order valence-electron chi connectivity index (χ1n) is 10.5. The summed E-state index contributed by atoms with van der Waals surface area (Å²) in [6, 6.07) is 25.7. The minimum absolute atomic E-state index is 0.0406. The fourth-order valence-electron chi connectivity index (χ4n) is 3.92. The number of hydrogen-bond acceptors (Lipinski definition) is 3. The van der Waals surface area contributed by atoms with Crippen LogP contribution in [0.5, 0.6) is 0 Å². The molecule has 4 aromatic rings. The molecule has 4 heteroatoms. The maximum Gasteiger partial charge on any atom is 0.224 e. The average molecular weight is 412 g/mol. The predicted molar refractivity (Wildman–Crippen MR) is 125 cm³/mol. The van der Waals surface area contributed by atoms with Crippen LogP contribution < -0.4 is 5.32 Å². The molecule has 0 heterocycles. The van der Waals surface area contributed by atoms with Crippen molar-refractivity contribution in [1.82, 2.24) is 0 Å². The SMILES string of the molecule is CC(=O)CC(O)c1ccc(CCC(=O)Nc2cc3ccccc3c3ccccc23)cc1. The van der Waals surface area contributed by atoms with Gasteiger partial charge in [0.1, 0.15) is 5.78 Å². The fraction of sp³-hybridized carbons (Fsp3) is 0.185. The Hall–Kier alpha value is -3.50. The molecule has 0 fully saturated rings. The number of aliphatic hydroxyl groups excluding tert-OH is 1. The molecule has 0 saturated carbocycles. The largest absolute Gasteiger partial charge is 0.388 e. The van der Waals surface area contributed by atoms with Crippen LogP contribution in [0, 0.1) is 0 Å². The van der Waals surface area contributed by atoms with Crippen LogP contribution in [0.3, 0.4) is 0 Å². The van der Waals surface area contributed by atoms with Crippen LogP contribution in [0.4, 0.5) is 5.69 Å². The molecular formula is C27H25NO3. The maximum absolute atomic E-state index is 12.7. The molecule has 0 radical (unpaired) electrons. The number of anilines is 1. The molecule has 0 spiro atoms. The lowest BCUT2D eigenvalue weighted by Crippen LogP contribution is -2.12. The zero-order valence-corrected chi connectivity index (χ0v) is 17.5. The van der Waals surface area contributed by atoms with Gasteiger partial charge in [-0.1, -0.05) is 72.8 Å². The van der Waals surface area contributed by atoms with E-state index in [0.717, 1.165) is 27.4 Å². The molecule has 1 unspecified atom stereocenters. The Labute approximate surface area is 181 Å². The van der Waals surface area contributed by atoms with Crippen molar-refractivity contribution in [2.24, 2.45) is 0 Å². The quantitative estimate of drug-likeness (QED) is 0.390. The maximum atomic E-state index is 12.7. The Morgan fingerprint density at radius 2 is 1.52 bits per heavy atom. The fourth-order valence-corrected chi connectivity index (χ4v) is 3.92. The van der Waals surface area contributed by atoms with E-state index < -0.39 is 6.10 Å². The van der Waals surface area contributed by atoms with Gasteiger partial charge >= 0.3 is 0 Å². The minimum atomic E-state index is -0.781. The summed E-state index contributed by atoms with van der Waals surface area (Å²) in [5.41, 5.74) is 2.55. The number of rotatable bonds is 7. The van der Waals surface area contributed by atoms with Crippen molar-refractivity contribution in [3.63, 3.8) is 0 Å². The zero-order chi connectivity index (χ0) is 21.8. The van der Waals surface area contributed by atoms with Crippen LogP contribution >= 0.6 is 0 Å². The van der Waals surface area contributed by atoms with Gasteiger partial charge in [0.05, 0.1) is 6.10 Å². The van der Waals surface area contributed by atoms with Crippen molar-refractivity contribution < 1.29 is 14.7 Å². The van der Waals surface area contributed by atoms with Crippen molar-refractivity contribution in [2.75, 3.05) is 5.32 Å². The van der Waals surface area contributed by atoms with Crippen LogP contribution in [0.15, 0.2) is 78.9 Å². The van der Waals surface area contributed by atoms with Crippen molar-refractivity contribution >= 4 is 38.9 Å². The van der Waals surface area contributed by atoms with Crippen LogP contribution in [0.1, 0.15) is 37.0 Å². The van der Waals surface area contributed by atoms with Gasteiger partial charge in [-0.15, -0.1) is 0 Å². The van der Waals surface area contributed by atoms with Crippen molar-refractivity contribution in [3.8, 4) is 0 Å². The van der Waals surface area contributed by atoms with Gasteiger partial charge in [-0.2, -0.15) is 0 Å². The molecule has 4 nitrogen and oxygen atoms in total. The third-order valence-electron chi connectivity index (χ3n) is 5.53. The average Bonchev–Trinajstić information content (AvgIpc) is 2.78. The number of nitrogens with one attached hydrogen (secondary N) is 1. The van der Waals surface area contributed by atoms with Crippen LogP contribution in [0.25, 0.3) is 21.5 Å². The van der Waals surface area contributed by atoms with E-state index in [4.69, 9.17) is 0 Å². The smallest absolute Gasteiger partial charge is 0.224 e. The number of carbonyl (C=O) groups is 2. The lowest BCUT2D eigenvalue weighted by Gasteiger charge is -2.12. The summed E-state index contributed by atoms with van der Waals surface area (Å²) in [5.74, 6) is -0.0874. The number of benzene rings is 4.